The van der Waals surface area contributed by atoms with Gasteiger partial charge < -0.3 is 15.8 Å². The SMILES string of the molecule is COC(=O)Cc1cccc(S(C)(=O)=NC(=O)c2cnc(N)c(C#Cc3cccc(NC(=O)c4cc(C)nn4C)c3)c2)c1. The van der Waals surface area contributed by atoms with Crippen LogP contribution in [0.2, 0.25) is 0 Å². The summed E-state index contributed by atoms with van der Waals surface area (Å²) < 4.78 is 23.5. The monoisotopic (exact) mass is 584 g/mol. The van der Waals surface area contributed by atoms with E-state index < -0.39 is 21.6 Å². The van der Waals surface area contributed by atoms with Crippen molar-refractivity contribution in [3.63, 3.8) is 0 Å². The van der Waals surface area contributed by atoms with Crippen LogP contribution in [0.1, 0.15) is 43.2 Å². The van der Waals surface area contributed by atoms with E-state index >= 15 is 0 Å². The lowest BCUT2D eigenvalue weighted by Crippen LogP contribution is -2.16. The molecule has 4 rings (SSSR count). The van der Waals surface area contributed by atoms with Gasteiger partial charge in [0.15, 0.2) is 0 Å². The van der Waals surface area contributed by atoms with Crippen LogP contribution in [0.15, 0.2) is 76.1 Å². The molecule has 0 spiro atoms. The highest BCUT2D eigenvalue weighted by Gasteiger charge is 2.15. The molecule has 0 saturated heterocycles. The Kier molecular flexibility index (Phi) is 8.83. The van der Waals surface area contributed by atoms with Crippen LogP contribution in [0, 0.1) is 18.8 Å². The average molecular weight is 585 g/mol. The number of nitrogens with zero attached hydrogens (tertiary/aromatic N) is 4. The zero-order chi connectivity index (χ0) is 30.4. The molecule has 2 amide bonds. The van der Waals surface area contributed by atoms with Crippen LogP contribution in [0.5, 0.6) is 0 Å². The Hall–Kier alpha value is -5.28. The molecule has 0 aliphatic carbocycles. The fourth-order valence-electron chi connectivity index (χ4n) is 3.92. The first-order chi connectivity index (χ1) is 19.9. The van der Waals surface area contributed by atoms with Crippen LogP contribution in [-0.2, 0) is 32.7 Å². The number of rotatable bonds is 6. The number of hydrogen-bond donors (Lipinski definition) is 2. The number of nitrogens with two attached hydrogens (primary N) is 1. The van der Waals surface area contributed by atoms with Gasteiger partial charge in [0.25, 0.3) is 11.8 Å². The molecule has 2 aromatic heterocycles. The highest BCUT2D eigenvalue weighted by molar-refractivity contribution is 7.93. The van der Waals surface area contributed by atoms with Crippen molar-refractivity contribution in [3.8, 4) is 11.8 Å². The van der Waals surface area contributed by atoms with E-state index in [1.54, 1.807) is 68.6 Å². The van der Waals surface area contributed by atoms with Crippen LogP contribution in [0.3, 0.4) is 0 Å². The summed E-state index contributed by atoms with van der Waals surface area (Å²) in [5.74, 6) is 4.45. The number of aromatic nitrogens is 3. The first kappa shape index (κ1) is 29.7. The zero-order valence-electron chi connectivity index (χ0n) is 23.4. The van der Waals surface area contributed by atoms with Gasteiger partial charge in [0.2, 0.25) is 0 Å². The summed E-state index contributed by atoms with van der Waals surface area (Å²) in [6.07, 6.45) is 2.58. The molecule has 0 radical (unpaired) electrons. The smallest absolute Gasteiger partial charge is 0.309 e. The summed E-state index contributed by atoms with van der Waals surface area (Å²) in [4.78, 5) is 41.6. The van der Waals surface area contributed by atoms with Gasteiger partial charge in [0, 0.05) is 35.6 Å². The molecule has 3 N–H and O–H groups in total. The van der Waals surface area contributed by atoms with Gasteiger partial charge in [-0.25, -0.2) is 9.19 Å². The molecule has 0 fully saturated rings. The van der Waals surface area contributed by atoms with Crippen LogP contribution >= 0.6 is 0 Å². The topological polar surface area (TPSA) is 159 Å². The van der Waals surface area contributed by atoms with Gasteiger partial charge in [-0.1, -0.05) is 30.0 Å². The van der Waals surface area contributed by atoms with Crippen molar-refractivity contribution in [1.29, 1.82) is 0 Å². The minimum atomic E-state index is -3.15. The first-order valence-corrected chi connectivity index (χ1v) is 14.5. The average Bonchev–Trinajstić information content (AvgIpc) is 3.30. The highest BCUT2D eigenvalue weighted by Crippen LogP contribution is 2.18. The Morgan fingerprint density at radius 2 is 1.86 bits per heavy atom. The van der Waals surface area contributed by atoms with E-state index in [1.165, 1.54) is 30.3 Å². The third-order valence-electron chi connectivity index (χ3n) is 6.03. The number of carbonyl (C=O) groups excluding carboxylic acids is 3. The predicted octanol–water partition coefficient (Wildman–Crippen LogP) is 3.37. The summed E-state index contributed by atoms with van der Waals surface area (Å²) in [7, 11) is -0.173. The Morgan fingerprint density at radius 1 is 1.10 bits per heavy atom. The number of nitrogen functional groups attached to an aromatic ring is 1. The lowest BCUT2D eigenvalue weighted by atomic mass is 10.1. The van der Waals surface area contributed by atoms with E-state index in [-0.39, 0.29) is 29.3 Å². The number of esters is 1. The molecule has 4 aromatic rings. The maximum atomic E-state index is 13.3. The molecule has 214 valence electrons. The molecule has 2 aromatic carbocycles. The van der Waals surface area contributed by atoms with Gasteiger partial charge >= 0.3 is 5.97 Å². The molecule has 0 aliphatic heterocycles. The van der Waals surface area contributed by atoms with E-state index in [9.17, 15) is 18.6 Å². The summed E-state index contributed by atoms with van der Waals surface area (Å²) in [6.45, 7) is 1.80. The fraction of sp³-hybridized carbons (Fsp3) is 0.167. The van der Waals surface area contributed by atoms with Crippen molar-refractivity contribution < 1.29 is 23.3 Å². The van der Waals surface area contributed by atoms with E-state index in [2.05, 4.69) is 36.3 Å². The number of hydrogen-bond acceptors (Lipinski definition) is 8. The summed E-state index contributed by atoms with van der Waals surface area (Å²) in [5, 5.41) is 7.01. The van der Waals surface area contributed by atoms with Crippen molar-refractivity contribution in [2.45, 2.75) is 18.2 Å². The molecule has 12 heteroatoms. The van der Waals surface area contributed by atoms with E-state index in [4.69, 9.17) is 5.73 Å². The number of carbonyl (C=O) groups is 3. The molecular formula is C30H28N6O5S. The summed E-state index contributed by atoms with van der Waals surface area (Å²) in [6, 6.07) is 16.5. The minimum Gasteiger partial charge on any atom is -0.469 e. The Balaban J connectivity index is 1.55. The molecule has 2 heterocycles. The normalized spacial score (nSPS) is 11.9. The van der Waals surface area contributed by atoms with Gasteiger partial charge in [-0.05, 0) is 55.0 Å². The van der Waals surface area contributed by atoms with Gasteiger partial charge in [0.1, 0.15) is 11.5 Å². The van der Waals surface area contributed by atoms with E-state index in [1.807, 2.05) is 0 Å². The van der Waals surface area contributed by atoms with Gasteiger partial charge in [0.05, 0.1) is 40.1 Å². The van der Waals surface area contributed by atoms with Crippen LogP contribution < -0.4 is 11.1 Å². The van der Waals surface area contributed by atoms with Gasteiger partial charge in [-0.2, -0.15) is 9.46 Å². The van der Waals surface area contributed by atoms with Gasteiger partial charge in [-0.3, -0.25) is 19.1 Å². The maximum Gasteiger partial charge on any atom is 0.309 e. The second-order valence-electron chi connectivity index (χ2n) is 9.34. The minimum absolute atomic E-state index is 0.00289. The van der Waals surface area contributed by atoms with Gasteiger partial charge in [-0.15, -0.1) is 0 Å². The van der Waals surface area contributed by atoms with Crippen molar-refractivity contribution in [2.24, 2.45) is 11.4 Å². The number of anilines is 2. The van der Waals surface area contributed by atoms with Crippen molar-refractivity contribution in [3.05, 3.63) is 101 Å². The van der Waals surface area contributed by atoms with Crippen molar-refractivity contribution in [2.75, 3.05) is 24.4 Å². The highest BCUT2D eigenvalue weighted by atomic mass is 32.2. The Bertz CT molecular complexity index is 1890. The largest absolute Gasteiger partial charge is 0.469 e. The standard InChI is InChI=1S/C30H28N6O5S/c1-19-13-26(36(2)34-19)30(39)33-24-9-5-7-20(14-24)11-12-22-17-23(18-32-28(22)31)29(38)35-42(4,40)25-10-6-8-21(15-25)16-27(37)41-3/h5-10,13-15,17-18H,16H2,1-4H3,(H2,31,32)(H,33,39). The fourth-order valence-corrected chi connectivity index (χ4v) is 5.15. The number of pyridine rings is 1. The summed E-state index contributed by atoms with van der Waals surface area (Å²) >= 11 is 0. The summed E-state index contributed by atoms with van der Waals surface area (Å²) in [5.41, 5.74) is 9.18. The quantitative estimate of drug-likeness (QED) is 0.258. The second-order valence-corrected chi connectivity index (χ2v) is 11.6. The lowest BCUT2D eigenvalue weighted by molar-refractivity contribution is -0.139. The number of aryl methyl sites for hydroxylation is 2. The molecule has 42 heavy (non-hydrogen) atoms. The number of benzene rings is 2. The first-order valence-electron chi connectivity index (χ1n) is 12.6. The number of ether oxygens (including phenoxy) is 1. The molecular weight excluding hydrogens is 556 g/mol. The zero-order valence-corrected chi connectivity index (χ0v) is 24.2. The molecule has 0 aliphatic rings. The molecule has 0 saturated carbocycles. The number of amides is 2. The third kappa shape index (κ3) is 7.26. The van der Waals surface area contributed by atoms with E-state index in [0.29, 0.717) is 27.4 Å². The van der Waals surface area contributed by atoms with Crippen molar-refractivity contribution in [1.82, 2.24) is 14.8 Å². The second kappa shape index (κ2) is 12.5. The maximum absolute atomic E-state index is 13.3. The Labute approximate surface area is 243 Å². The van der Waals surface area contributed by atoms with Crippen molar-refractivity contribution >= 4 is 39.0 Å². The molecule has 1 atom stereocenters. The Morgan fingerprint density at radius 3 is 2.57 bits per heavy atom. The van der Waals surface area contributed by atoms with Crippen LogP contribution in [-0.4, -0.2) is 50.1 Å². The third-order valence-corrected chi connectivity index (χ3v) is 7.67. The van der Waals surface area contributed by atoms with Crippen LogP contribution in [0.4, 0.5) is 11.5 Å². The molecule has 11 nitrogen and oxygen atoms in total. The number of methoxy groups -OCH3 is 1. The van der Waals surface area contributed by atoms with Crippen LogP contribution in [0.25, 0.3) is 0 Å². The predicted molar refractivity (Wildman–Crippen MR) is 158 cm³/mol. The molecule has 0 bridgehead atoms. The van der Waals surface area contributed by atoms with E-state index in [0.717, 1.165) is 5.69 Å². The lowest BCUT2D eigenvalue weighted by Gasteiger charge is -2.07. The number of nitrogens with one attached hydrogen (secondary N) is 1. The molecule has 1 unspecified atom stereocenters.